The Morgan fingerprint density at radius 1 is 1.33 bits per heavy atom. The van der Waals surface area contributed by atoms with E-state index in [1.54, 1.807) is 6.07 Å². The molecule has 0 aliphatic carbocycles. The maximum atomic E-state index is 12.3. The first-order chi connectivity index (χ1) is 11.7. The minimum Gasteiger partial charge on any atom is -0.493 e. The third-order valence-corrected chi connectivity index (χ3v) is 4.36. The molecule has 0 saturated heterocycles. The number of benzene rings is 1. The molecule has 0 spiro atoms. The highest BCUT2D eigenvalue weighted by molar-refractivity contribution is 5.94. The number of aromatic amines is 1. The predicted octanol–water partition coefficient (Wildman–Crippen LogP) is 2.31. The number of hydrogen-bond acceptors (Lipinski definition) is 3. The number of H-pyrrole nitrogens is 1. The van der Waals surface area contributed by atoms with Crippen LogP contribution < -0.4 is 15.6 Å². The summed E-state index contributed by atoms with van der Waals surface area (Å²) in [5.74, 6) is 1.06. The number of amides is 1. The van der Waals surface area contributed by atoms with E-state index < -0.39 is 0 Å². The van der Waals surface area contributed by atoms with Crippen molar-refractivity contribution in [2.45, 2.75) is 26.2 Å². The van der Waals surface area contributed by atoms with Crippen molar-refractivity contribution in [1.82, 2.24) is 10.3 Å². The molecule has 0 fully saturated rings. The van der Waals surface area contributed by atoms with Gasteiger partial charge in [0.1, 0.15) is 5.75 Å². The highest BCUT2D eigenvalue weighted by atomic mass is 16.5. The zero-order valence-electron chi connectivity index (χ0n) is 13.8. The van der Waals surface area contributed by atoms with Gasteiger partial charge in [-0.3, -0.25) is 9.59 Å². The molecule has 2 heterocycles. The highest BCUT2D eigenvalue weighted by Crippen LogP contribution is 2.26. The summed E-state index contributed by atoms with van der Waals surface area (Å²) in [4.78, 5) is 26.7. The van der Waals surface area contributed by atoms with Crippen LogP contribution in [0.3, 0.4) is 0 Å². The summed E-state index contributed by atoms with van der Waals surface area (Å²) in [7, 11) is 0. The first-order valence-corrected chi connectivity index (χ1v) is 8.38. The van der Waals surface area contributed by atoms with E-state index in [4.69, 9.17) is 4.74 Å². The van der Waals surface area contributed by atoms with Gasteiger partial charge in [0.2, 0.25) is 5.56 Å². The summed E-state index contributed by atoms with van der Waals surface area (Å²) in [6.07, 6.45) is 2.46. The van der Waals surface area contributed by atoms with Crippen LogP contribution in [0.1, 0.15) is 35.0 Å². The van der Waals surface area contributed by atoms with Crippen LogP contribution >= 0.6 is 0 Å². The molecular weight excluding hydrogens is 304 g/mol. The second kappa shape index (κ2) is 7.34. The lowest BCUT2D eigenvalue weighted by Crippen LogP contribution is -2.31. The van der Waals surface area contributed by atoms with Crippen molar-refractivity contribution in [3.63, 3.8) is 0 Å². The van der Waals surface area contributed by atoms with Gasteiger partial charge < -0.3 is 15.0 Å². The number of aromatic nitrogens is 1. The van der Waals surface area contributed by atoms with Crippen molar-refractivity contribution in [2.24, 2.45) is 5.92 Å². The minimum absolute atomic E-state index is 0.200. The van der Waals surface area contributed by atoms with Crippen molar-refractivity contribution in [3.05, 3.63) is 63.6 Å². The Bertz CT molecular complexity index is 782. The molecule has 1 atom stereocenters. The quantitative estimate of drug-likeness (QED) is 0.906. The molecule has 1 aliphatic rings. The Labute approximate surface area is 141 Å². The van der Waals surface area contributed by atoms with Crippen LogP contribution in [0.2, 0.25) is 0 Å². The summed E-state index contributed by atoms with van der Waals surface area (Å²) in [6, 6.07) is 11.1. The van der Waals surface area contributed by atoms with Gasteiger partial charge in [0.15, 0.2) is 0 Å². The zero-order chi connectivity index (χ0) is 16.9. The molecule has 1 aliphatic heterocycles. The van der Waals surface area contributed by atoms with Crippen LogP contribution in [-0.2, 0) is 12.8 Å². The molecule has 0 saturated carbocycles. The van der Waals surface area contributed by atoms with Gasteiger partial charge in [-0.2, -0.15) is 0 Å². The molecule has 0 unspecified atom stereocenters. The van der Waals surface area contributed by atoms with Crippen molar-refractivity contribution >= 4 is 5.91 Å². The van der Waals surface area contributed by atoms with Crippen LogP contribution in [0.5, 0.6) is 5.75 Å². The second-order valence-corrected chi connectivity index (χ2v) is 6.14. The average molecular weight is 326 g/mol. The Hall–Kier alpha value is -2.56. The summed E-state index contributed by atoms with van der Waals surface area (Å²) >= 11 is 0. The van der Waals surface area contributed by atoms with E-state index in [9.17, 15) is 9.59 Å². The number of hydrogen-bond donors (Lipinski definition) is 2. The fraction of sp³-hybridized carbons (Fsp3) is 0.368. The highest BCUT2D eigenvalue weighted by Gasteiger charge is 2.18. The number of pyridine rings is 1. The number of carbonyl (C=O) groups is 1. The van der Waals surface area contributed by atoms with E-state index in [2.05, 4.69) is 16.4 Å². The first-order valence-electron chi connectivity index (χ1n) is 8.38. The third-order valence-electron chi connectivity index (χ3n) is 4.36. The van der Waals surface area contributed by atoms with Crippen LogP contribution in [0.15, 0.2) is 41.2 Å². The monoisotopic (exact) mass is 326 g/mol. The smallest absolute Gasteiger partial charge is 0.251 e. The van der Waals surface area contributed by atoms with Crippen LogP contribution in [0, 0.1) is 5.92 Å². The maximum absolute atomic E-state index is 12.3. The molecule has 1 aromatic heterocycles. The topological polar surface area (TPSA) is 71.2 Å². The zero-order valence-corrected chi connectivity index (χ0v) is 13.8. The van der Waals surface area contributed by atoms with Crippen LogP contribution in [0.25, 0.3) is 0 Å². The summed E-state index contributed by atoms with van der Waals surface area (Å²) < 4.78 is 5.76. The molecule has 1 amide bonds. The minimum atomic E-state index is -0.240. The molecule has 1 aromatic carbocycles. The fourth-order valence-corrected chi connectivity index (χ4v) is 3.00. The molecule has 2 N–H and O–H groups in total. The number of para-hydroxylation sites is 1. The lowest BCUT2D eigenvalue weighted by molar-refractivity contribution is 0.0945. The van der Waals surface area contributed by atoms with Gasteiger partial charge in [-0.05, 0) is 42.9 Å². The van der Waals surface area contributed by atoms with Crippen LogP contribution in [-0.4, -0.2) is 24.0 Å². The molecule has 24 heavy (non-hydrogen) atoms. The van der Waals surface area contributed by atoms with Crippen molar-refractivity contribution < 1.29 is 9.53 Å². The standard InChI is InChI=1S/C19H22N2O3/c1-2-16-10-15(11-18(22)21-16)19(23)20-12-13-7-8-24-17-6-4-3-5-14(17)9-13/h3-6,10-11,13H,2,7-9,12H2,1H3,(H,20,23)(H,21,22)/t13-/m1/s1. The molecule has 126 valence electrons. The fourth-order valence-electron chi connectivity index (χ4n) is 3.00. The van der Waals surface area contributed by atoms with Gasteiger partial charge in [-0.25, -0.2) is 0 Å². The Morgan fingerprint density at radius 2 is 2.17 bits per heavy atom. The van der Waals surface area contributed by atoms with E-state index in [1.807, 2.05) is 25.1 Å². The van der Waals surface area contributed by atoms with E-state index in [0.29, 0.717) is 31.1 Å². The molecule has 3 rings (SSSR count). The summed E-state index contributed by atoms with van der Waals surface area (Å²) in [5, 5.41) is 2.96. The molecule has 0 radical (unpaired) electrons. The third kappa shape index (κ3) is 3.85. The van der Waals surface area contributed by atoms with E-state index in [-0.39, 0.29) is 11.5 Å². The van der Waals surface area contributed by atoms with E-state index in [0.717, 1.165) is 24.3 Å². The number of carbonyl (C=O) groups excluding carboxylic acids is 1. The van der Waals surface area contributed by atoms with Gasteiger partial charge in [-0.1, -0.05) is 25.1 Å². The second-order valence-electron chi connectivity index (χ2n) is 6.14. The summed E-state index contributed by atoms with van der Waals surface area (Å²) in [6.45, 7) is 3.17. The number of nitrogens with one attached hydrogen (secondary N) is 2. The first kappa shape index (κ1) is 16.3. The number of ether oxygens (including phenoxy) is 1. The van der Waals surface area contributed by atoms with Gasteiger partial charge in [-0.15, -0.1) is 0 Å². The van der Waals surface area contributed by atoms with Crippen molar-refractivity contribution in [3.8, 4) is 5.75 Å². The summed E-state index contributed by atoms with van der Waals surface area (Å²) in [5.41, 5.74) is 2.13. The molecule has 5 heteroatoms. The van der Waals surface area contributed by atoms with Crippen LogP contribution in [0.4, 0.5) is 0 Å². The van der Waals surface area contributed by atoms with Gasteiger partial charge in [0.25, 0.3) is 5.91 Å². The predicted molar refractivity (Wildman–Crippen MR) is 92.5 cm³/mol. The largest absolute Gasteiger partial charge is 0.493 e. The van der Waals surface area contributed by atoms with E-state index >= 15 is 0 Å². The number of rotatable bonds is 4. The Morgan fingerprint density at radius 3 is 3.00 bits per heavy atom. The SMILES string of the molecule is CCc1cc(C(=O)NC[C@@H]2CCOc3ccccc3C2)cc(=O)[nH]1. The lowest BCUT2D eigenvalue weighted by atomic mass is 9.97. The molecule has 5 nitrogen and oxygen atoms in total. The Balaban J connectivity index is 1.64. The normalized spacial score (nSPS) is 16.6. The molecule has 0 bridgehead atoms. The average Bonchev–Trinajstić information content (AvgIpc) is 2.80. The maximum Gasteiger partial charge on any atom is 0.251 e. The van der Waals surface area contributed by atoms with Gasteiger partial charge in [0, 0.05) is 23.9 Å². The van der Waals surface area contributed by atoms with Crippen molar-refractivity contribution in [2.75, 3.05) is 13.2 Å². The Kier molecular flexibility index (Phi) is 4.99. The lowest BCUT2D eigenvalue weighted by Gasteiger charge is -2.14. The molecule has 2 aromatic rings. The van der Waals surface area contributed by atoms with Crippen molar-refractivity contribution in [1.29, 1.82) is 0 Å². The number of fused-ring (bicyclic) bond motifs is 1. The molecular formula is C19H22N2O3. The van der Waals surface area contributed by atoms with E-state index in [1.165, 1.54) is 11.6 Å². The number of aryl methyl sites for hydroxylation is 1. The van der Waals surface area contributed by atoms with Gasteiger partial charge >= 0.3 is 0 Å². The van der Waals surface area contributed by atoms with Gasteiger partial charge in [0.05, 0.1) is 6.61 Å².